The standard InChI is InChI=1S/C23H18F2N2O3/c24-23(25)29-20-11-10-17(13-16(20)12-15-6-2-1-3-7-15)26-22(28)14-19-18-8-4-5-9-21(18)30-27-19/h1-11,13,23H,12,14H2,(H,26,28). The largest absolute Gasteiger partial charge is 0.435 e. The fourth-order valence-electron chi connectivity index (χ4n) is 3.24. The molecule has 1 aromatic heterocycles. The lowest BCUT2D eigenvalue weighted by Gasteiger charge is -2.13. The molecule has 0 spiro atoms. The molecule has 0 aliphatic heterocycles. The number of fused-ring (bicyclic) bond motifs is 1. The highest BCUT2D eigenvalue weighted by Crippen LogP contribution is 2.27. The Morgan fingerprint density at radius 2 is 1.80 bits per heavy atom. The maximum absolute atomic E-state index is 12.8. The molecule has 7 heteroatoms. The SMILES string of the molecule is O=C(Cc1noc2ccccc12)Nc1ccc(OC(F)F)c(Cc2ccccc2)c1. The van der Waals surface area contributed by atoms with Crippen LogP contribution in [0.5, 0.6) is 5.75 Å². The van der Waals surface area contributed by atoms with E-state index in [9.17, 15) is 13.6 Å². The van der Waals surface area contributed by atoms with E-state index in [-0.39, 0.29) is 18.1 Å². The summed E-state index contributed by atoms with van der Waals surface area (Å²) in [5.74, 6) is -0.211. The summed E-state index contributed by atoms with van der Waals surface area (Å²) >= 11 is 0. The average Bonchev–Trinajstić information content (AvgIpc) is 3.13. The summed E-state index contributed by atoms with van der Waals surface area (Å²) in [5, 5.41) is 7.52. The molecule has 0 unspecified atom stereocenters. The van der Waals surface area contributed by atoms with E-state index in [0.29, 0.717) is 28.9 Å². The molecule has 3 aromatic carbocycles. The van der Waals surface area contributed by atoms with Crippen LogP contribution in [0.4, 0.5) is 14.5 Å². The molecule has 30 heavy (non-hydrogen) atoms. The molecule has 1 N–H and O–H groups in total. The number of para-hydroxylation sites is 1. The third kappa shape index (κ3) is 4.63. The molecule has 0 aliphatic rings. The number of benzene rings is 3. The zero-order valence-electron chi connectivity index (χ0n) is 15.8. The lowest BCUT2D eigenvalue weighted by Crippen LogP contribution is -2.15. The van der Waals surface area contributed by atoms with Crippen molar-refractivity contribution in [2.24, 2.45) is 0 Å². The molecule has 4 aromatic rings. The summed E-state index contributed by atoms with van der Waals surface area (Å²) in [6.45, 7) is -2.93. The van der Waals surface area contributed by atoms with Crippen LogP contribution in [0.25, 0.3) is 11.0 Å². The van der Waals surface area contributed by atoms with Crippen LogP contribution in [0, 0.1) is 0 Å². The maximum Gasteiger partial charge on any atom is 0.387 e. The van der Waals surface area contributed by atoms with E-state index in [0.717, 1.165) is 10.9 Å². The molecule has 0 saturated heterocycles. The normalized spacial score (nSPS) is 11.0. The van der Waals surface area contributed by atoms with E-state index in [1.807, 2.05) is 48.5 Å². The molecule has 1 heterocycles. The molecule has 0 bridgehead atoms. The van der Waals surface area contributed by atoms with Crippen molar-refractivity contribution < 1.29 is 22.8 Å². The summed E-state index contributed by atoms with van der Waals surface area (Å²) in [7, 11) is 0. The molecule has 0 atom stereocenters. The summed E-state index contributed by atoms with van der Waals surface area (Å²) in [5.41, 5.74) is 3.12. The van der Waals surface area contributed by atoms with E-state index in [1.54, 1.807) is 12.1 Å². The van der Waals surface area contributed by atoms with Crippen LogP contribution < -0.4 is 10.1 Å². The van der Waals surface area contributed by atoms with Crippen molar-refractivity contribution >= 4 is 22.6 Å². The van der Waals surface area contributed by atoms with Crippen molar-refractivity contribution in [2.75, 3.05) is 5.32 Å². The van der Waals surface area contributed by atoms with Crippen molar-refractivity contribution in [2.45, 2.75) is 19.5 Å². The van der Waals surface area contributed by atoms with Crippen LogP contribution in [0.2, 0.25) is 0 Å². The van der Waals surface area contributed by atoms with Crippen molar-refractivity contribution in [1.82, 2.24) is 5.16 Å². The number of aromatic nitrogens is 1. The monoisotopic (exact) mass is 408 g/mol. The molecule has 4 rings (SSSR count). The van der Waals surface area contributed by atoms with Crippen molar-refractivity contribution in [1.29, 1.82) is 0 Å². The number of carbonyl (C=O) groups is 1. The predicted molar refractivity (Wildman–Crippen MR) is 109 cm³/mol. The summed E-state index contributed by atoms with van der Waals surface area (Å²) < 4.78 is 35.4. The molecule has 152 valence electrons. The highest BCUT2D eigenvalue weighted by molar-refractivity contribution is 5.94. The van der Waals surface area contributed by atoms with E-state index in [1.165, 1.54) is 12.1 Å². The lowest BCUT2D eigenvalue weighted by molar-refractivity contribution is -0.115. The van der Waals surface area contributed by atoms with E-state index in [2.05, 4.69) is 15.2 Å². The van der Waals surface area contributed by atoms with Crippen molar-refractivity contribution in [3.05, 3.63) is 89.6 Å². The number of carbonyl (C=O) groups excluding carboxylic acids is 1. The molecule has 0 radical (unpaired) electrons. The fourth-order valence-corrected chi connectivity index (χ4v) is 3.24. The van der Waals surface area contributed by atoms with Crippen LogP contribution in [0.3, 0.4) is 0 Å². The third-order valence-electron chi connectivity index (χ3n) is 4.58. The van der Waals surface area contributed by atoms with Gasteiger partial charge < -0.3 is 14.6 Å². The van der Waals surface area contributed by atoms with Crippen LogP contribution in [0.15, 0.2) is 77.3 Å². The van der Waals surface area contributed by atoms with Crippen molar-refractivity contribution in [3.8, 4) is 5.75 Å². The summed E-state index contributed by atoms with van der Waals surface area (Å²) in [6.07, 6.45) is 0.418. The number of ether oxygens (including phenoxy) is 1. The minimum Gasteiger partial charge on any atom is -0.435 e. The van der Waals surface area contributed by atoms with Crippen molar-refractivity contribution in [3.63, 3.8) is 0 Å². The average molecular weight is 408 g/mol. The Labute approximate surface area is 171 Å². The Bertz CT molecular complexity index is 1160. The minimum atomic E-state index is -2.93. The van der Waals surface area contributed by atoms with Crippen LogP contribution >= 0.6 is 0 Å². The Morgan fingerprint density at radius 1 is 1.03 bits per heavy atom. The molecule has 0 fully saturated rings. The number of halogens is 2. The number of nitrogens with zero attached hydrogens (tertiary/aromatic N) is 1. The second kappa shape index (κ2) is 8.73. The Hall–Kier alpha value is -3.74. The Morgan fingerprint density at radius 3 is 2.60 bits per heavy atom. The predicted octanol–water partition coefficient (Wildman–Crippen LogP) is 5.20. The topological polar surface area (TPSA) is 64.4 Å². The number of hydrogen-bond donors (Lipinski definition) is 1. The van der Waals surface area contributed by atoms with E-state index in [4.69, 9.17) is 4.52 Å². The van der Waals surface area contributed by atoms with Crippen LogP contribution in [-0.2, 0) is 17.6 Å². The maximum atomic E-state index is 12.8. The lowest BCUT2D eigenvalue weighted by atomic mass is 10.0. The zero-order valence-corrected chi connectivity index (χ0v) is 15.8. The number of anilines is 1. The van der Waals surface area contributed by atoms with Gasteiger partial charge in [0.15, 0.2) is 5.58 Å². The van der Waals surface area contributed by atoms with Gasteiger partial charge in [-0.25, -0.2) is 0 Å². The first-order valence-electron chi connectivity index (χ1n) is 9.33. The smallest absolute Gasteiger partial charge is 0.387 e. The quantitative estimate of drug-likeness (QED) is 0.456. The van der Waals surface area contributed by atoms with Gasteiger partial charge in [0.25, 0.3) is 0 Å². The van der Waals surface area contributed by atoms with Gasteiger partial charge in [-0.3, -0.25) is 4.79 Å². The summed E-state index contributed by atoms with van der Waals surface area (Å²) in [4.78, 5) is 12.5. The number of amides is 1. The molecular formula is C23H18F2N2O3. The molecule has 5 nitrogen and oxygen atoms in total. The van der Waals surface area contributed by atoms with Gasteiger partial charge in [-0.15, -0.1) is 0 Å². The van der Waals surface area contributed by atoms with Crippen LogP contribution in [-0.4, -0.2) is 17.7 Å². The van der Waals surface area contributed by atoms with E-state index < -0.39 is 6.61 Å². The van der Waals surface area contributed by atoms with Gasteiger partial charge in [0.2, 0.25) is 5.91 Å². The highest BCUT2D eigenvalue weighted by atomic mass is 19.3. The number of alkyl halides is 2. The van der Waals surface area contributed by atoms with Gasteiger partial charge in [0.1, 0.15) is 11.4 Å². The Kier molecular flexibility index (Phi) is 5.70. The first-order valence-corrected chi connectivity index (χ1v) is 9.33. The fraction of sp³-hybridized carbons (Fsp3) is 0.130. The Balaban J connectivity index is 1.53. The van der Waals surface area contributed by atoms with Gasteiger partial charge in [-0.05, 0) is 35.9 Å². The molecular weight excluding hydrogens is 390 g/mol. The van der Waals surface area contributed by atoms with Crippen LogP contribution in [0.1, 0.15) is 16.8 Å². The zero-order chi connectivity index (χ0) is 20.9. The van der Waals surface area contributed by atoms with Gasteiger partial charge in [0, 0.05) is 23.1 Å². The highest BCUT2D eigenvalue weighted by Gasteiger charge is 2.15. The van der Waals surface area contributed by atoms with E-state index >= 15 is 0 Å². The molecule has 0 aliphatic carbocycles. The molecule has 1 amide bonds. The number of hydrogen-bond acceptors (Lipinski definition) is 4. The van der Waals surface area contributed by atoms with Gasteiger partial charge in [-0.1, -0.05) is 47.6 Å². The summed E-state index contributed by atoms with van der Waals surface area (Å²) in [6, 6.07) is 21.3. The first-order chi connectivity index (χ1) is 14.6. The second-order valence-corrected chi connectivity index (χ2v) is 6.71. The number of rotatable bonds is 7. The van der Waals surface area contributed by atoms with Gasteiger partial charge in [-0.2, -0.15) is 8.78 Å². The molecule has 0 saturated carbocycles. The van der Waals surface area contributed by atoms with Gasteiger partial charge in [0.05, 0.1) is 6.42 Å². The van der Waals surface area contributed by atoms with Gasteiger partial charge >= 0.3 is 6.61 Å². The third-order valence-corrected chi connectivity index (χ3v) is 4.58. The second-order valence-electron chi connectivity index (χ2n) is 6.71. The number of nitrogens with one attached hydrogen (secondary N) is 1. The first kappa shape index (κ1) is 19.6. The minimum absolute atomic E-state index is 0.0281.